The van der Waals surface area contributed by atoms with Crippen LogP contribution in [0.1, 0.15) is 51.4 Å². The molecule has 6 rings (SSSR count). The molecule has 5 saturated carbocycles. The summed E-state index contributed by atoms with van der Waals surface area (Å²) < 4.78 is 0. The molecule has 6 bridgehead atoms. The third kappa shape index (κ3) is 1.71. The van der Waals surface area contributed by atoms with Crippen LogP contribution >= 0.6 is 0 Å². The third-order valence-electron chi connectivity index (χ3n) is 7.55. The molecule has 1 heteroatoms. The van der Waals surface area contributed by atoms with Crippen molar-refractivity contribution in [1.82, 2.24) is 0 Å². The number of hydrogen-bond donors (Lipinski definition) is 0. The second kappa shape index (κ2) is 4.21. The zero-order valence-corrected chi connectivity index (χ0v) is 12.3. The van der Waals surface area contributed by atoms with E-state index in [0.717, 1.165) is 41.9 Å². The van der Waals surface area contributed by atoms with Gasteiger partial charge >= 0.3 is 0 Å². The maximum atomic E-state index is 12.8. The van der Waals surface area contributed by atoms with Gasteiger partial charge in [-0.2, -0.15) is 0 Å². The van der Waals surface area contributed by atoms with Crippen LogP contribution in [0.15, 0.2) is 12.2 Å². The van der Waals surface area contributed by atoms with E-state index in [-0.39, 0.29) is 0 Å². The monoisotopic (exact) mass is 270 g/mol. The van der Waals surface area contributed by atoms with Crippen molar-refractivity contribution >= 4 is 5.78 Å². The van der Waals surface area contributed by atoms with E-state index < -0.39 is 0 Å². The Bertz CT molecular complexity index is 434. The van der Waals surface area contributed by atoms with Gasteiger partial charge in [-0.3, -0.25) is 4.79 Å². The molecule has 3 atom stereocenters. The molecule has 0 aromatic heterocycles. The van der Waals surface area contributed by atoms with Gasteiger partial charge in [0.25, 0.3) is 0 Å². The number of rotatable bonds is 3. The molecule has 0 radical (unpaired) electrons. The van der Waals surface area contributed by atoms with Gasteiger partial charge in [0.2, 0.25) is 0 Å². The first-order valence-electron chi connectivity index (χ1n) is 8.97. The number of carbonyl (C=O) groups is 1. The third-order valence-corrected chi connectivity index (χ3v) is 7.55. The van der Waals surface area contributed by atoms with E-state index in [1.54, 1.807) is 0 Å². The van der Waals surface area contributed by atoms with Crippen LogP contribution in [0.5, 0.6) is 0 Å². The van der Waals surface area contributed by atoms with Crippen LogP contribution in [-0.2, 0) is 4.79 Å². The minimum absolute atomic E-state index is 0.405. The summed E-state index contributed by atoms with van der Waals surface area (Å²) >= 11 is 0. The maximum absolute atomic E-state index is 12.8. The normalized spacial score (nSPS) is 54.8. The summed E-state index contributed by atoms with van der Waals surface area (Å²) in [5.41, 5.74) is 0. The van der Waals surface area contributed by atoms with E-state index in [1.165, 1.54) is 44.9 Å². The lowest BCUT2D eigenvalue weighted by molar-refractivity contribution is -0.128. The minimum atomic E-state index is 0.405. The van der Waals surface area contributed by atoms with Crippen LogP contribution in [0, 0.1) is 47.3 Å². The lowest BCUT2D eigenvalue weighted by Crippen LogP contribution is -2.46. The highest BCUT2D eigenvalue weighted by Gasteiger charge is 2.49. The SMILES string of the molecule is O=C(CC1C2CC3CC(C2)CC1C3)C1CC2C=CC1C2. The Morgan fingerprint density at radius 3 is 2.10 bits per heavy atom. The second-order valence-corrected chi connectivity index (χ2v) is 8.65. The largest absolute Gasteiger partial charge is 0.299 e. The number of carbonyl (C=O) groups excluding carboxylic acids is 1. The lowest BCUT2D eigenvalue weighted by Gasteiger charge is -2.54. The van der Waals surface area contributed by atoms with Gasteiger partial charge in [0.05, 0.1) is 0 Å². The average molecular weight is 270 g/mol. The lowest BCUT2D eigenvalue weighted by atomic mass is 9.51. The Labute approximate surface area is 122 Å². The molecular formula is C19H26O. The van der Waals surface area contributed by atoms with Crippen LogP contribution in [-0.4, -0.2) is 5.78 Å². The van der Waals surface area contributed by atoms with Crippen LogP contribution in [0.2, 0.25) is 0 Å². The van der Waals surface area contributed by atoms with Crippen LogP contribution < -0.4 is 0 Å². The smallest absolute Gasteiger partial charge is 0.136 e. The molecule has 0 amide bonds. The summed E-state index contributed by atoms with van der Waals surface area (Å²) in [7, 11) is 0. The van der Waals surface area contributed by atoms with E-state index in [0.29, 0.717) is 17.6 Å². The van der Waals surface area contributed by atoms with Crippen molar-refractivity contribution < 1.29 is 4.79 Å². The van der Waals surface area contributed by atoms with E-state index in [2.05, 4.69) is 12.2 Å². The predicted molar refractivity (Wildman–Crippen MR) is 79.0 cm³/mol. The molecule has 0 saturated heterocycles. The quantitative estimate of drug-likeness (QED) is 0.701. The molecule has 6 aliphatic carbocycles. The number of ketones is 1. The van der Waals surface area contributed by atoms with Gasteiger partial charge in [0.1, 0.15) is 5.78 Å². The molecule has 0 heterocycles. The minimum Gasteiger partial charge on any atom is -0.299 e. The summed E-state index contributed by atoms with van der Waals surface area (Å²) in [5, 5.41) is 0. The topological polar surface area (TPSA) is 17.1 Å². The van der Waals surface area contributed by atoms with Gasteiger partial charge in [0.15, 0.2) is 0 Å². The predicted octanol–water partition coefficient (Wildman–Crippen LogP) is 4.23. The van der Waals surface area contributed by atoms with Crippen LogP contribution in [0.25, 0.3) is 0 Å². The van der Waals surface area contributed by atoms with Crippen molar-refractivity contribution in [1.29, 1.82) is 0 Å². The molecular weight excluding hydrogens is 244 g/mol. The van der Waals surface area contributed by atoms with Gasteiger partial charge in [-0.1, -0.05) is 12.2 Å². The molecule has 3 unspecified atom stereocenters. The van der Waals surface area contributed by atoms with Gasteiger partial charge in [-0.25, -0.2) is 0 Å². The fourth-order valence-corrected chi connectivity index (χ4v) is 6.91. The number of Topliss-reactive ketones (excluding diaryl/α,β-unsaturated/α-hetero) is 1. The summed E-state index contributed by atoms with van der Waals surface area (Å²) in [6, 6.07) is 0. The van der Waals surface area contributed by atoms with Gasteiger partial charge in [-0.05, 0) is 86.4 Å². The van der Waals surface area contributed by atoms with Crippen molar-refractivity contribution in [2.75, 3.05) is 0 Å². The first kappa shape index (κ1) is 12.0. The zero-order valence-electron chi connectivity index (χ0n) is 12.3. The van der Waals surface area contributed by atoms with Crippen molar-refractivity contribution in [2.45, 2.75) is 51.4 Å². The molecule has 0 aromatic carbocycles. The summed E-state index contributed by atoms with van der Waals surface area (Å²) in [4.78, 5) is 12.8. The van der Waals surface area contributed by atoms with Crippen molar-refractivity contribution in [3.8, 4) is 0 Å². The molecule has 5 fully saturated rings. The first-order valence-corrected chi connectivity index (χ1v) is 8.97. The zero-order chi connectivity index (χ0) is 13.3. The molecule has 0 aromatic rings. The molecule has 108 valence electrons. The van der Waals surface area contributed by atoms with Gasteiger partial charge < -0.3 is 0 Å². The Balaban J connectivity index is 1.30. The molecule has 0 N–H and O–H groups in total. The summed E-state index contributed by atoms with van der Waals surface area (Å²) in [6.45, 7) is 0. The highest BCUT2D eigenvalue weighted by Crippen LogP contribution is 2.58. The van der Waals surface area contributed by atoms with Gasteiger partial charge in [-0.15, -0.1) is 0 Å². The molecule has 0 aliphatic heterocycles. The maximum Gasteiger partial charge on any atom is 0.136 e. The van der Waals surface area contributed by atoms with E-state index in [4.69, 9.17) is 0 Å². The highest BCUT2D eigenvalue weighted by atomic mass is 16.1. The first-order chi connectivity index (χ1) is 9.76. The Morgan fingerprint density at radius 2 is 1.55 bits per heavy atom. The standard InChI is InChI=1S/C19H26O/c20-19(18-9-11-1-2-14(18)4-11)10-17-15-5-12-3-13(7-15)8-16(17)6-12/h1-2,11-18H,3-10H2. The number of allylic oxidation sites excluding steroid dienone is 2. The Morgan fingerprint density at radius 1 is 0.850 bits per heavy atom. The second-order valence-electron chi connectivity index (χ2n) is 8.65. The fourth-order valence-electron chi connectivity index (χ4n) is 6.91. The van der Waals surface area contributed by atoms with Crippen molar-refractivity contribution in [3.05, 3.63) is 12.2 Å². The molecule has 6 aliphatic rings. The van der Waals surface area contributed by atoms with E-state index in [1.807, 2.05) is 0 Å². The van der Waals surface area contributed by atoms with Crippen molar-refractivity contribution in [3.63, 3.8) is 0 Å². The fraction of sp³-hybridized carbons (Fsp3) is 0.842. The number of fused-ring (bicyclic) bond motifs is 2. The van der Waals surface area contributed by atoms with Crippen molar-refractivity contribution in [2.24, 2.45) is 47.3 Å². The average Bonchev–Trinajstić information content (AvgIpc) is 3.04. The number of hydrogen-bond acceptors (Lipinski definition) is 1. The Hall–Kier alpha value is -0.590. The summed E-state index contributed by atoms with van der Waals surface area (Å²) in [5.74, 6) is 7.09. The molecule has 1 nitrogen and oxygen atoms in total. The highest BCUT2D eigenvalue weighted by molar-refractivity contribution is 5.82. The molecule has 0 spiro atoms. The van der Waals surface area contributed by atoms with E-state index >= 15 is 0 Å². The van der Waals surface area contributed by atoms with Gasteiger partial charge in [0, 0.05) is 12.3 Å². The molecule has 20 heavy (non-hydrogen) atoms. The Kier molecular flexibility index (Phi) is 2.53. The summed E-state index contributed by atoms with van der Waals surface area (Å²) in [6.07, 6.45) is 15.4. The van der Waals surface area contributed by atoms with Crippen LogP contribution in [0.3, 0.4) is 0 Å². The van der Waals surface area contributed by atoms with E-state index in [9.17, 15) is 4.79 Å². The van der Waals surface area contributed by atoms with Crippen LogP contribution in [0.4, 0.5) is 0 Å².